The molecule has 1 unspecified atom stereocenters. The first kappa shape index (κ1) is 13.5. The molecule has 0 aliphatic rings. The zero-order valence-corrected chi connectivity index (χ0v) is 9.45. The Morgan fingerprint density at radius 2 is 1.71 bits per heavy atom. The normalized spacial score (nSPS) is 14.8. The van der Waals surface area contributed by atoms with Crippen molar-refractivity contribution in [2.45, 2.75) is 38.2 Å². The predicted molar refractivity (Wildman–Crippen MR) is 63.4 cm³/mol. The van der Waals surface area contributed by atoms with Gasteiger partial charge in [0.1, 0.15) is 5.56 Å². The first-order valence-electron chi connectivity index (χ1n) is 5.06. The minimum absolute atomic E-state index is 0.529. The van der Waals surface area contributed by atoms with Crippen LogP contribution in [-0.4, -0.2) is 10.7 Å². The summed E-state index contributed by atoms with van der Waals surface area (Å²) >= 11 is 5.36. The second kappa shape index (κ2) is 10.6. The molecule has 0 radical (unpaired) electrons. The van der Waals surface area contributed by atoms with E-state index < -0.39 is 5.56 Å². The van der Waals surface area contributed by atoms with E-state index in [-0.39, 0.29) is 0 Å². The number of alkyl halides is 1. The molecule has 1 N–H and O–H groups in total. The molecule has 0 bridgehead atoms. The van der Waals surface area contributed by atoms with Gasteiger partial charge in [-0.15, -0.1) is 0 Å². The van der Waals surface area contributed by atoms with Gasteiger partial charge in [0, 0.05) is 6.42 Å². The Kier molecular flexibility index (Phi) is 10.2. The molecule has 0 aliphatic heterocycles. The topological polar surface area (TPSA) is 20.2 Å². The number of hydrogen-bond acceptors (Lipinski definition) is 1. The van der Waals surface area contributed by atoms with Crippen LogP contribution in [0.1, 0.15) is 32.6 Å². The van der Waals surface area contributed by atoms with Crippen LogP contribution in [0.5, 0.6) is 0 Å². The summed E-state index contributed by atoms with van der Waals surface area (Å²) in [5.74, 6) is 0. The fraction of sp³-hybridized carbons (Fsp3) is 0.500. The van der Waals surface area contributed by atoms with E-state index in [0.717, 1.165) is 19.3 Å². The Balaban J connectivity index is 3.32. The molecule has 2 heteroatoms. The zero-order chi connectivity index (χ0) is 10.6. The molecule has 0 aromatic rings. The molecule has 0 spiro atoms. The van der Waals surface area contributed by atoms with E-state index in [0.29, 0.717) is 6.42 Å². The van der Waals surface area contributed by atoms with Crippen LogP contribution < -0.4 is 0 Å². The maximum absolute atomic E-state index is 8.74. The highest BCUT2D eigenvalue weighted by atomic mass is 35.5. The molecule has 0 aromatic carbocycles. The van der Waals surface area contributed by atoms with Crippen LogP contribution in [0.25, 0.3) is 0 Å². The fourth-order valence-corrected chi connectivity index (χ4v) is 1.01. The van der Waals surface area contributed by atoms with Crippen LogP contribution in [0.4, 0.5) is 0 Å². The van der Waals surface area contributed by atoms with Gasteiger partial charge < -0.3 is 5.11 Å². The Morgan fingerprint density at radius 1 is 1.07 bits per heavy atom. The number of hydrogen-bond donors (Lipinski definition) is 1. The van der Waals surface area contributed by atoms with Crippen molar-refractivity contribution in [3.8, 4) is 0 Å². The summed E-state index contributed by atoms with van der Waals surface area (Å²) in [5, 5.41) is 8.74. The maximum atomic E-state index is 8.74. The standard InChI is InChI=1S/C12H19ClO/c1-2-3-4-5-6-7-8-9-10-11-12(13)14/h3-6,9-10,12,14H,2,7-8,11H2,1H3/b4-3+,6-5-,10-9-. The molecule has 0 aromatic heterocycles. The molecule has 0 amide bonds. The molecular formula is C12H19ClO. The summed E-state index contributed by atoms with van der Waals surface area (Å²) in [5.41, 5.74) is -0.741. The molecule has 80 valence electrons. The Hall–Kier alpha value is -0.530. The smallest absolute Gasteiger partial charge is 0.131 e. The number of aliphatic hydroxyl groups is 1. The van der Waals surface area contributed by atoms with Gasteiger partial charge in [0.05, 0.1) is 0 Å². The van der Waals surface area contributed by atoms with E-state index in [9.17, 15) is 0 Å². The summed E-state index contributed by atoms with van der Waals surface area (Å²) in [6, 6.07) is 0. The molecule has 0 aliphatic carbocycles. The Labute approximate surface area is 91.8 Å². The van der Waals surface area contributed by atoms with Gasteiger partial charge in [-0.1, -0.05) is 55.0 Å². The van der Waals surface area contributed by atoms with Crippen molar-refractivity contribution in [3.63, 3.8) is 0 Å². The molecule has 0 heterocycles. The number of halogens is 1. The van der Waals surface area contributed by atoms with Gasteiger partial charge in [-0.05, 0) is 19.3 Å². The Bertz CT molecular complexity index is 192. The van der Waals surface area contributed by atoms with Gasteiger partial charge in [-0.25, -0.2) is 0 Å². The van der Waals surface area contributed by atoms with E-state index in [1.165, 1.54) is 0 Å². The number of aliphatic hydroxyl groups excluding tert-OH is 1. The van der Waals surface area contributed by atoms with E-state index >= 15 is 0 Å². The van der Waals surface area contributed by atoms with Crippen LogP contribution in [-0.2, 0) is 0 Å². The SMILES string of the molecule is CC/C=C/C=C\CC/C=C\CC(O)Cl. The fourth-order valence-electron chi connectivity index (χ4n) is 0.908. The molecule has 0 saturated heterocycles. The summed E-state index contributed by atoms with van der Waals surface area (Å²) in [6.45, 7) is 2.12. The number of unbranched alkanes of at least 4 members (excludes halogenated alkanes) is 1. The second-order valence-electron chi connectivity index (χ2n) is 2.98. The van der Waals surface area contributed by atoms with Gasteiger partial charge in [0.25, 0.3) is 0 Å². The van der Waals surface area contributed by atoms with E-state index in [1.807, 2.05) is 12.2 Å². The zero-order valence-electron chi connectivity index (χ0n) is 8.70. The molecule has 1 atom stereocenters. The summed E-state index contributed by atoms with van der Waals surface area (Å²) in [6.07, 6.45) is 16.0. The first-order chi connectivity index (χ1) is 6.77. The second-order valence-corrected chi connectivity index (χ2v) is 3.49. The van der Waals surface area contributed by atoms with Crippen molar-refractivity contribution in [1.29, 1.82) is 0 Å². The van der Waals surface area contributed by atoms with Crippen molar-refractivity contribution in [1.82, 2.24) is 0 Å². The number of allylic oxidation sites excluding steroid dienone is 5. The quantitative estimate of drug-likeness (QED) is 0.296. The predicted octanol–water partition coefficient (Wildman–Crippen LogP) is 3.79. The lowest BCUT2D eigenvalue weighted by Crippen LogP contribution is -1.90. The van der Waals surface area contributed by atoms with Gasteiger partial charge in [0.15, 0.2) is 0 Å². The monoisotopic (exact) mass is 214 g/mol. The number of rotatable bonds is 7. The first-order valence-corrected chi connectivity index (χ1v) is 5.49. The van der Waals surface area contributed by atoms with Crippen molar-refractivity contribution < 1.29 is 5.11 Å². The van der Waals surface area contributed by atoms with Crippen LogP contribution in [0.3, 0.4) is 0 Å². The lowest BCUT2D eigenvalue weighted by Gasteiger charge is -1.93. The molecule has 1 nitrogen and oxygen atoms in total. The van der Waals surface area contributed by atoms with E-state index in [2.05, 4.69) is 31.2 Å². The molecule has 14 heavy (non-hydrogen) atoms. The third-order valence-corrected chi connectivity index (χ3v) is 1.79. The lowest BCUT2D eigenvalue weighted by atomic mass is 10.2. The van der Waals surface area contributed by atoms with Gasteiger partial charge in [-0.3, -0.25) is 0 Å². The van der Waals surface area contributed by atoms with E-state index in [4.69, 9.17) is 16.7 Å². The maximum Gasteiger partial charge on any atom is 0.131 e. The summed E-state index contributed by atoms with van der Waals surface area (Å²) < 4.78 is 0. The van der Waals surface area contributed by atoms with Gasteiger partial charge in [0.2, 0.25) is 0 Å². The minimum atomic E-state index is -0.741. The highest BCUT2D eigenvalue weighted by Crippen LogP contribution is 2.00. The Morgan fingerprint density at radius 3 is 2.36 bits per heavy atom. The third-order valence-electron chi connectivity index (χ3n) is 1.62. The average Bonchev–Trinajstić information content (AvgIpc) is 2.15. The van der Waals surface area contributed by atoms with E-state index in [1.54, 1.807) is 0 Å². The molecular weight excluding hydrogens is 196 g/mol. The van der Waals surface area contributed by atoms with Crippen LogP contribution in [0, 0.1) is 0 Å². The van der Waals surface area contributed by atoms with Crippen molar-refractivity contribution in [2.24, 2.45) is 0 Å². The van der Waals surface area contributed by atoms with Crippen LogP contribution in [0.15, 0.2) is 36.5 Å². The highest BCUT2D eigenvalue weighted by molar-refractivity contribution is 6.19. The highest BCUT2D eigenvalue weighted by Gasteiger charge is 1.90. The summed E-state index contributed by atoms with van der Waals surface area (Å²) in [4.78, 5) is 0. The van der Waals surface area contributed by atoms with Crippen molar-refractivity contribution in [3.05, 3.63) is 36.5 Å². The minimum Gasteiger partial charge on any atom is -0.377 e. The third kappa shape index (κ3) is 11.5. The van der Waals surface area contributed by atoms with Crippen LogP contribution in [0.2, 0.25) is 0 Å². The van der Waals surface area contributed by atoms with Crippen molar-refractivity contribution >= 4 is 11.6 Å². The van der Waals surface area contributed by atoms with Crippen molar-refractivity contribution in [2.75, 3.05) is 0 Å². The molecule has 0 fully saturated rings. The summed E-state index contributed by atoms with van der Waals surface area (Å²) in [7, 11) is 0. The molecule has 0 rings (SSSR count). The molecule has 0 saturated carbocycles. The van der Waals surface area contributed by atoms with Gasteiger partial charge in [-0.2, -0.15) is 0 Å². The average molecular weight is 215 g/mol. The lowest BCUT2D eigenvalue weighted by molar-refractivity contribution is 0.260. The largest absolute Gasteiger partial charge is 0.377 e. The van der Waals surface area contributed by atoms with Gasteiger partial charge >= 0.3 is 0 Å². The van der Waals surface area contributed by atoms with Crippen LogP contribution >= 0.6 is 11.6 Å².